The number of carbonyl (C=O) groups excluding carboxylic acids is 2. The second kappa shape index (κ2) is 10.1. The number of para-hydroxylation sites is 2. The van der Waals surface area contributed by atoms with E-state index in [1.807, 2.05) is 6.92 Å². The average Bonchev–Trinajstić information content (AvgIpc) is 2.66. The average molecular weight is 379 g/mol. The highest BCUT2D eigenvalue weighted by molar-refractivity contribution is 5.93. The maximum atomic E-state index is 12.4. The lowest BCUT2D eigenvalue weighted by Crippen LogP contribution is -2.21. The summed E-state index contributed by atoms with van der Waals surface area (Å²) in [5, 5.41) is 2.43. The van der Waals surface area contributed by atoms with Crippen LogP contribution in [0.2, 0.25) is 0 Å². The van der Waals surface area contributed by atoms with Crippen LogP contribution >= 0.6 is 0 Å². The molecule has 0 aromatic heterocycles. The fourth-order valence-electron chi connectivity index (χ4n) is 2.14. The molecule has 144 valence electrons. The van der Waals surface area contributed by atoms with E-state index in [1.54, 1.807) is 12.1 Å². The molecule has 2 aromatic rings. The number of anilines is 1. The smallest absolute Gasteiger partial charge is 0.387 e. The minimum absolute atomic E-state index is 0.0852. The molecule has 0 unspecified atom stereocenters. The summed E-state index contributed by atoms with van der Waals surface area (Å²) in [5.74, 6) is -0.0687. The molecule has 0 saturated heterocycles. The maximum Gasteiger partial charge on any atom is 0.387 e. The zero-order valence-corrected chi connectivity index (χ0v) is 14.6. The van der Waals surface area contributed by atoms with E-state index in [-0.39, 0.29) is 22.7 Å². The summed E-state index contributed by atoms with van der Waals surface area (Å²) < 4.78 is 40.0. The Hall–Kier alpha value is -3.16. The van der Waals surface area contributed by atoms with Crippen molar-refractivity contribution in [1.29, 1.82) is 0 Å². The normalized spacial score (nSPS) is 10.4. The molecule has 0 saturated carbocycles. The maximum absolute atomic E-state index is 12.4. The van der Waals surface area contributed by atoms with Gasteiger partial charge in [-0.25, -0.2) is 0 Å². The molecule has 1 amide bonds. The van der Waals surface area contributed by atoms with Gasteiger partial charge in [-0.3, -0.25) is 9.59 Å². The molecule has 0 bridgehead atoms. The first kappa shape index (κ1) is 20.2. The van der Waals surface area contributed by atoms with Crippen molar-refractivity contribution in [3.05, 3.63) is 48.0 Å². The van der Waals surface area contributed by atoms with Gasteiger partial charge in [-0.05, 0) is 30.7 Å². The molecule has 6 nitrogen and oxygen atoms in total. The molecule has 1 N–H and O–H groups in total. The van der Waals surface area contributed by atoms with Gasteiger partial charge in [0.1, 0.15) is 17.2 Å². The van der Waals surface area contributed by atoms with Crippen LogP contribution in [-0.2, 0) is 4.79 Å². The van der Waals surface area contributed by atoms with Gasteiger partial charge in [0.2, 0.25) is 0 Å². The molecule has 0 aliphatic heterocycles. The number of hydrogen-bond acceptors (Lipinski definition) is 5. The van der Waals surface area contributed by atoms with Gasteiger partial charge in [0.15, 0.2) is 12.9 Å². The van der Waals surface area contributed by atoms with Crippen molar-refractivity contribution in [3.63, 3.8) is 0 Å². The summed E-state index contributed by atoms with van der Waals surface area (Å²) in [4.78, 5) is 23.2. The van der Waals surface area contributed by atoms with E-state index in [9.17, 15) is 18.4 Å². The molecule has 2 rings (SSSR count). The minimum atomic E-state index is -3.01. The van der Waals surface area contributed by atoms with Gasteiger partial charge in [-0.15, -0.1) is 0 Å². The Morgan fingerprint density at radius 2 is 1.93 bits per heavy atom. The molecule has 0 radical (unpaired) electrons. The largest absolute Gasteiger partial charge is 0.493 e. The molecule has 27 heavy (non-hydrogen) atoms. The van der Waals surface area contributed by atoms with Gasteiger partial charge >= 0.3 is 6.61 Å². The summed E-state index contributed by atoms with van der Waals surface area (Å²) in [6, 6.07) is 10.5. The van der Waals surface area contributed by atoms with Crippen LogP contribution in [0.25, 0.3) is 0 Å². The van der Waals surface area contributed by atoms with Crippen molar-refractivity contribution >= 4 is 17.9 Å². The number of carbonyl (C=O) groups is 2. The van der Waals surface area contributed by atoms with Crippen LogP contribution < -0.4 is 19.5 Å². The second-order valence-corrected chi connectivity index (χ2v) is 5.38. The topological polar surface area (TPSA) is 73.9 Å². The molecule has 0 spiro atoms. The van der Waals surface area contributed by atoms with Crippen molar-refractivity contribution in [2.45, 2.75) is 20.0 Å². The SMILES string of the molecule is CCCOc1ccc(C=O)c(OCC(=O)Nc2ccccc2OC(F)F)c1. The zero-order valence-electron chi connectivity index (χ0n) is 14.6. The van der Waals surface area contributed by atoms with Crippen molar-refractivity contribution in [2.24, 2.45) is 0 Å². The lowest BCUT2D eigenvalue weighted by Gasteiger charge is -2.13. The van der Waals surface area contributed by atoms with Crippen molar-refractivity contribution in [3.8, 4) is 17.2 Å². The van der Waals surface area contributed by atoms with Gasteiger partial charge in [-0.1, -0.05) is 19.1 Å². The molecule has 0 aliphatic carbocycles. The molecule has 8 heteroatoms. The third kappa shape index (κ3) is 6.25. The number of nitrogens with one attached hydrogen (secondary N) is 1. The third-order valence-corrected chi connectivity index (χ3v) is 3.32. The van der Waals surface area contributed by atoms with Crippen LogP contribution in [-0.4, -0.2) is 32.0 Å². The van der Waals surface area contributed by atoms with Gasteiger partial charge in [0, 0.05) is 6.07 Å². The summed E-state index contributed by atoms with van der Waals surface area (Å²) >= 11 is 0. The number of ether oxygens (including phenoxy) is 3. The molecular weight excluding hydrogens is 360 g/mol. The van der Waals surface area contributed by atoms with E-state index >= 15 is 0 Å². The minimum Gasteiger partial charge on any atom is -0.493 e. The van der Waals surface area contributed by atoms with E-state index in [1.165, 1.54) is 30.3 Å². The van der Waals surface area contributed by atoms with Gasteiger partial charge in [-0.2, -0.15) is 8.78 Å². The fraction of sp³-hybridized carbons (Fsp3) is 0.263. The highest BCUT2D eigenvalue weighted by atomic mass is 19.3. The first-order valence-corrected chi connectivity index (χ1v) is 8.22. The second-order valence-electron chi connectivity index (χ2n) is 5.38. The number of aldehydes is 1. The number of rotatable bonds is 10. The van der Waals surface area contributed by atoms with E-state index in [0.29, 0.717) is 18.6 Å². The van der Waals surface area contributed by atoms with Gasteiger partial charge in [0.25, 0.3) is 5.91 Å². The van der Waals surface area contributed by atoms with Crippen LogP contribution in [0.5, 0.6) is 17.2 Å². The Morgan fingerprint density at radius 1 is 1.15 bits per heavy atom. The Labute approximate surface area is 155 Å². The standard InChI is InChI=1S/C19H19F2NO5/c1-2-9-25-14-8-7-13(11-23)17(10-14)26-12-18(24)22-15-5-3-4-6-16(15)27-19(20)21/h3-8,10-11,19H,2,9,12H2,1H3,(H,22,24). The van der Waals surface area contributed by atoms with Crippen molar-refractivity contribution in [1.82, 2.24) is 0 Å². The quantitative estimate of drug-likeness (QED) is 0.634. The number of halogens is 2. The van der Waals surface area contributed by atoms with E-state index in [4.69, 9.17) is 9.47 Å². The predicted molar refractivity (Wildman–Crippen MR) is 94.8 cm³/mol. The summed E-state index contributed by atoms with van der Waals surface area (Å²) in [5.41, 5.74) is 0.343. The van der Waals surface area contributed by atoms with Crippen LogP contribution in [0.15, 0.2) is 42.5 Å². The third-order valence-electron chi connectivity index (χ3n) is 3.32. The first-order valence-electron chi connectivity index (χ1n) is 8.22. The molecule has 2 aromatic carbocycles. The van der Waals surface area contributed by atoms with Gasteiger partial charge in [0.05, 0.1) is 17.9 Å². The summed E-state index contributed by atoms with van der Waals surface area (Å²) in [6.07, 6.45) is 1.41. The highest BCUT2D eigenvalue weighted by Gasteiger charge is 2.13. The zero-order chi connectivity index (χ0) is 19.6. The lowest BCUT2D eigenvalue weighted by atomic mass is 10.2. The first-order chi connectivity index (χ1) is 13.0. The Kier molecular flexibility index (Phi) is 7.54. The molecule has 0 aliphatic rings. The fourth-order valence-corrected chi connectivity index (χ4v) is 2.14. The van der Waals surface area contributed by atoms with Crippen molar-refractivity contribution in [2.75, 3.05) is 18.5 Å². The predicted octanol–water partition coefficient (Wildman–Crippen LogP) is 3.91. The Bertz CT molecular complexity index is 782. The number of hydrogen-bond donors (Lipinski definition) is 1. The van der Waals surface area contributed by atoms with Crippen LogP contribution in [0, 0.1) is 0 Å². The van der Waals surface area contributed by atoms with Gasteiger partial charge < -0.3 is 19.5 Å². The number of amides is 1. The van der Waals surface area contributed by atoms with Crippen molar-refractivity contribution < 1.29 is 32.6 Å². The highest BCUT2D eigenvalue weighted by Crippen LogP contribution is 2.26. The van der Waals surface area contributed by atoms with Crippen LogP contribution in [0.3, 0.4) is 0 Å². The van der Waals surface area contributed by atoms with Crippen LogP contribution in [0.1, 0.15) is 23.7 Å². The number of alkyl halides is 2. The lowest BCUT2D eigenvalue weighted by molar-refractivity contribution is -0.118. The number of benzene rings is 2. The monoisotopic (exact) mass is 379 g/mol. The van der Waals surface area contributed by atoms with E-state index in [0.717, 1.165) is 6.42 Å². The van der Waals surface area contributed by atoms with E-state index in [2.05, 4.69) is 10.1 Å². The summed E-state index contributed by atoms with van der Waals surface area (Å²) in [7, 11) is 0. The molecule has 0 atom stereocenters. The Balaban J connectivity index is 2.02. The van der Waals surface area contributed by atoms with Crippen LogP contribution in [0.4, 0.5) is 14.5 Å². The Morgan fingerprint density at radius 3 is 2.63 bits per heavy atom. The van der Waals surface area contributed by atoms with E-state index < -0.39 is 19.1 Å². The molecule has 0 heterocycles. The molecular formula is C19H19F2NO5. The molecule has 0 fully saturated rings. The summed E-state index contributed by atoms with van der Waals surface area (Å²) in [6.45, 7) is -0.986.